The molecule has 0 aliphatic heterocycles. The van der Waals surface area contributed by atoms with Crippen LogP contribution in [-0.2, 0) is 6.54 Å². The molecule has 0 amide bonds. The summed E-state index contributed by atoms with van der Waals surface area (Å²) in [6, 6.07) is 13.3. The second-order valence-corrected chi connectivity index (χ2v) is 6.85. The second kappa shape index (κ2) is 10.1. The molecule has 0 aliphatic carbocycles. The minimum atomic E-state index is -0.309. The molecule has 2 nitrogen and oxygen atoms in total. The minimum Gasteiger partial charge on any atom is -0.871 e. The van der Waals surface area contributed by atoms with Crippen molar-refractivity contribution >= 4 is 34.8 Å². The van der Waals surface area contributed by atoms with Gasteiger partial charge in [-0.05, 0) is 32.9 Å². The Bertz CT molecular complexity index is 569. The van der Waals surface area contributed by atoms with Gasteiger partial charge in [-0.25, -0.2) is 0 Å². The molecular weight excluding hydrogens is 365 g/mol. The molecule has 0 saturated carbocycles. The van der Waals surface area contributed by atoms with E-state index in [0.29, 0.717) is 5.02 Å². The Morgan fingerprint density at radius 3 is 1.75 bits per heavy atom. The molecule has 0 saturated heterocycles. The summed E-state index contributed by atoms with van der Waals surface area (Å²) in [4.78, 5) is 0. The van der Waals surface area contributed by atoms with E-state index in [1.165, 1.54) is 48.4 Å². The smallest absolute Gasteiger partial charge is 0.104 e. The van der Waals surface area contributed by atoms with Crippen LogP contribution in [0.15, 0.2) is 42.5 Å². The molecule has 0 fully saturated rings. The SMILES string of the molecule is CC[N+](CC)(CC)Cc1ccccc1.[O-]c1cc(Cl)c(Cl)cc1Cl. The molecule has 2 aromatic carbocycles. The van der Waals surface area contributed by atoms with Crippen LogP contribution in [0.4, 0.5) is 0 Å². The molecular formula is C19H24Cl3NO. The van der Waals surface area contributed by atoms with E-state index in [1.807, 2.05) is 0 Å². The van der Waals surface area contributed by atoms with Gasteiger partial charge in [-0.15, -0.1) is 0 Å². The topological polar surface area (TPSA) is 23.1 Å². The Morgan fingerprint density at radius 1 is 0.792 bits per heavy atom. The average molecular weight is 389 g/mol. The fourth-order valence-corrected chi connectivity index (χ4v) is 3.02. The van der Waals surface area contributed by atoms with Gasteiger partial charge in [-0.3, -0.25) is 0 Å². The quantitative estimate of drug-likeness (QED) is 0.470. The molecule has 0 aromatic heterocycles. The van der Waals surface area contributed by atoms with Crippen molar-refractivity contribution in [3.05, 3.63) is 63.1 Å². The van der Waals surface area contributed by atoms with E-state index in [1.54, 1.807) is 0 Å². The highest BCUT2D eigenvalue weighted by atomic mass is 35.5. The summed E-state index contributed by atoms with van der Waals surface area (Å²) < 4.78 is 1.20. The van der Waals surface area contributed by atoms with Gasteiger partial charge in [0, 0.05) is 10.6 Å². The largest absolute Gasteiger partial charge is 0.871 e. The zero-order valence-electron chi connectivity index (χ0n) is 14.4. The molecule has 0 atom stereocenters. The minimum absolute atomic E-state index is 0.0920. The summed E-state index contributed by atoms with van der Waals surface area (Å²) in [6.45, 7) is 11.7. The Hall–Kier alpha value is -0.930. The lowest BCUT2D eigenvalue weighted by Crippen LogP contribution is -2.46. The van der Waals surface area contributed by atoms with Crippen LogP contribution in [0.2, 0.25) is 15.1 Å². The standard InChI is InChI=1S/C13H22N.C6H3Cl3O/c1-4-14(5-2,6-3)12-13-10-8-7-9-11-13;7-3-1-5(9)6(10)2-4(3)8/h7-11H,4-6,12H2,1-3H3;1-2,10H/q+1;/p-1. The van der Waals surface area contributed by atoms with Crippen LogP contribution >= 0.6 is 34.8 Å². The van der Waals surface area contributed by atoms with E-state index < -0.39 is 0 Å². The molecule has 2 rings (SSSR count). The highest BCUT2D eigenvalue weighted by Crippen LogP contribution is 2.30. The molecule has 132 valence electrons. The Morgan fingerprint density at radius 2 is 1.29 bits per heavy atom. The monoisotopic (exact) mass is 387 g/mol. The van der Waals surface area contributed by atoms with Crippen LogP contribution in [0.25, 0.3) is 0 Å². The number of halogens is 3. The lowest BCUT2D eigenvalue weighted by molar-refractivity contribution is -0.936. The molecule has 0 unspecified atom stereocenters. The van der Waals surface area contributed by atoms with E-state index in [-0.39, 0.29) is 15.8 Å². The van der Waals surface area contributed by atoms with Crippen molar-refractivity contribution in [2.45, 2.75) is 27.3 Å². The summed E-state index contributed by atoms with van der Waals surface area (Å²) >= 11 is 16.5. The molecule has 24 heavy (non-hydrogen) atoms. The second-order valence-electron chi connectivity index (χ2n) is 5.63. The Balaban J connectivity index is 0.000000254. The van der Waals surface area contributed by atoms with Gasteiger partial charge in [0.25, 0.3) is 0 Å². The zero-order valence-corrected chi connectivity index (χ0v) is 16.6. The molecule has 2 aromatic rings. The fourth-order valence-electron chi connectivity index (χ4n) is 2.48. The highest BCUT2D eigenvalue weighted by Gasteiger charge is 2.20. The van der Waals surface area contributed by atoms with E-state index in [2.05, 4.69) is 51.1 Å². The van der Waals surface area contributed by atoms with Crippen LogP contribution in [0.1, 0.15) is 26.3 Å². The summed E-state index contributed by atoms with van der Waals surface area (Å²) in [6.07, 6.45) is 0. The van der Waals surface area contributed by atoms with Gasteiger partial charge >= 0.3 is 0 Å². The summed E-state index contributed by atoms with van der Waals surface area (Å²) in [7, 11) is 0. The number of quaternary nitrogens is 1. The predicted molar refractivity (Wildman–Crippen MR) is 103 cm³/mol. The van der Waals surface area contributed by atoms with Crippen LogP contribution in [0.3, 0.4) is 0 Å². The third-order valence-electron chi connectivity index (χ3n) is 4.35. The van der Waals surface area contributed by atoms with Gasteiger partial charge in [-0.2, -0.15) is 0 Å². The van der Waals surface area contributed by atoms with Crippen molar-refractivity contribution in [1.29, 1.82) is 0 Å². The maximum Gasteiger partial charge on any atom is 0.104 e. The van der Waals surface area contributed by atoms with Crippen molar-refractivity contribution in [3.63, 3.8) is 0 Å². The first kappa shape index (κ1) is 21.1. The average Bonchev–Trinajstić information content (AvgIpc) is 2.60. The molecule has 0 N–H and O–H groups in total. The molecule has 0 spiro atoms. The number of benzene rings is 2. The first-order chi connectivity index (χ1) is 11.4. The Kier molecular flexibility index (Phi) is 8.93. The van der Waals surface area contributed by atoms with Crippen LogP contribution in [0.5, 0.6) is 5.75 Å². The summed E-state index contributed by atoms with van der Waals surface area (Å²) in [5.74, 6) is -0.309. The lowest BCUT2D eigenvalue weighted by Gasteiger charge is -2.35. The van der Waals surface area contributed by atoms with Crippen molar-refractivity contribution < 1.29 is 9.59 Å². The lowest BCUT2D eigenvalue weighted by atomic mass is 10.2. The van der Waals surface area contributed by atoms with Crippen molar-refractivity contribution in [2.75, 3.05) is 19.6 Å². The number of nitrogens with zero attached hydrogens (tertiary/aromatic N) is 1. The van der Waals surface area contributed by atoms with Gasteiger partial charge in [0.1, 0.15) is 6.54 Å². The fraction of sp³-hybridized carbons (Fsp3) is 0.368. The van der Waals surface area contributed by atoms with Gasteiger partial charge < -0.3 is 9.59 Å². The van der Waals surface area contributed by atoms with Crippen molar-refractivity contribution in [1.82, 2.24) is 0 Å². The molecule has 0 radical (unpaired) electrons. The van der Waals surface area contributed by atoms with Crippen molar-refractivity contribution in [3.8, 4) is 5.75 Å². The summed E-state index contributed by atoms with van der Waals surface area (Å²) in [5, 5.41) is 11.3. The third-order valence-corrected chi connectivity index (χ3v) is 5.37. The van der Waals surface area contributed by atoms with E-state index in [0.717, 1.165) is 0 Å². The van der Waals surface area contributed by atoms with Gasteiger partial charge in [0.2, 0.25) is 0 Å². The maximum absolute atomic E-state index is 10.7. The van der Waals surface area contributed by atoms with Crippen LogP contribution in [-0.4, -0.2) is 24.1 Å². The molecule has 0 aliphatic rings. The maximum atomic E-state index is 10.7. The van der Waals surface area contributed by atoms with Crippen molar-refractivity contribution in [2.24, 2.45) is 0 Å². The first-order valence-electron chi connectivity index (χ1n) is 8.08. The normalized spacial score (nSPS) is 10.9. The van der Waals surface area contributed by atoms with E-state index in [4.69, 9.17) is 34.8 Å². The van der Waals surface area contributed by atoms with Gasteiger partial charge in [-0.1, -0.05) is 70.9 Å². The number of hydrogen-bond donors (Lipinski definition) is 0. The highest BCUT2D eigenvalue weighted by molar-refractivity contribution is 6.43. The predicted octanol–water partition coefficient (Wildman–Crippen LogP) is 5.78. The first-order valence-corrected chi connectivity index (χ1v) is 9.21. The van der Waals surface area contributed by atoms with E-state index >= 15 is 0 Å². The van der Waals surface area contributed by atoms with Gasteiger partial charge in [0.05, 0.1) is 29.7 Å². The molecule has 0 bridgehead atoms. The summed E-state index contributed by atoms with van der Waals surface area (Å²) in [5.41, 5.74) is 1.46. The molecule has 5 heteroatoms. The van der Waals surface area contributed by atoms with E-state index in [9.17, 15) is 5.11 Å². The zero-order chi connectivity index (χ0) is 18.2. The van der Waals surface area contributed by atoms with Gasteiger partial charge in [0.15, 0.2) is 0 Å². The van der Waals surface area contributed by atoms with Crippen LogP contribution in [0, 0.1) is 0 Å². The molecule has 0 heterocycles. The van der Waals surface area contributed by atoms with Crippen LogP contribution < -0.4 is 5.11 Å². The third kappa shape index (κ3) is 6.18. The Labute approximate surface area is 160 Å². The number of rotatable bonds is 5. The number of hydrogen-bond acceptors (Lipinski definition) is 1.